The van der Waals surface area contributed by atoms with Gasteiger partial charge in [-0.05, 0) is 31.5 Å². The van der Waals surface area contributed by atoms with Gasteiger partial charge in [0.25, 0.3) is 5.91 Å². The number of nitriles is 1. The van der Waals surface area contributed by atoms with Gasteiger partial charge in [0.2, 0.25) is 0 Å². The molecule has 8 heteroatoms. The molecule has 0 spiro atoms. The molecule has 0 saturated heterocycles. The van der Waals surface area contributed by atoms with E-state index in [4.69, 9.17) is 5.26 Å². The molecule has 1 amide bonds. The van der Waals surface area contributed by atoms with Crippen LogP contribution in [0.3, 0.4) is 0 Å². The summed E-state index contributed by atoms with van der Waals surface area (Å²) in [5, 5.41) is 8.78. The van der Waals surface area contributed by atoms with Crippen molar-refractivity contribution in [3.63, 3.8) is 0 Å². The van der Waals surface area contributed by atoms with Crippen LogP contribution in [0, 0.1) is 25.2 Å². The average Bonchev–Trinajstić information content (AvgIpc) is 2.53. The summed E-state index contributed by atoms with van der Waals surface area (Å²) in [4.78, 5) is 21.2. The van der Waals surface area contributed by atoms with Gasteiger partial charge in [0, 0.05) is 12.7 Å². The number of aryl methyl sites for hydroxylation is 2. The molecule has 0 bridgehead atoms. The molecule has 0 aliphatic heterocycles. The molecule has 0 fully saturated rings. The van der Waals surface area contributed by atoms with E-state index in [1.165, 1.54) is 30.5 Å². The van der Waals surface area contributed by atoms with Crippen molar-refractivity contribution in [1.29, 1.82) is 5.26 Å². The largest absolute Gasteiger partial charge is 0.406 e. The van der Waals surface area contributed by atoms with E-state index in [9.17, 15) is 18.0 Å². The van der Waals surface area contributed by atoms with E-state index in [-0.39, 0.29) is 12.1 Å². The number of hydrogen-bond acceptors (Lipinski definition) is 4. The van der Waals surface area contributed by atoms with E-state index in [1.54, 1.807) is 13.8 Å². The summed E-state index contributed by atoms with van der Waals surface area (Å²) in [5.74, 6) is -0.359. The molecule has 0 N–H and O–H groups in total. The molecule has 0 atom stereocenters. The number of alkyl halides is 3. The van der Waals surface area contributed by atoms with Crippen LogP contribution in [0.1, 0.15) is 33.0 Å². The Kier molecular flexibility index (Phi) is 5.37. The third kappa shape index (κ3) is 5.01. The summed E-state index contributed by atoms with van der Waals surface area (Å²) in [6.07, 6.45) is -3.30. The Hall–Kier alpha value is -2.95. The molecule has 25 heavy (non-hydrogen) atoms. The number of benzene rings is 1. The van der Waals surface area contributed by atoms with Gasteiger partial charge in [-0.15, -0.1) is 0 Å². The minimum absolute atomic E-state index is 0.0310. The van der Waals surface area contributed by atoms with Crippen LogP contribution >= 0.6 is 0 Å². The molecule has 0 unspecified atom stereocenters. The number of carbonyl (C=O) groups is 1. The molecular weight excluding hydrogens is 333 g/mol. The number of nitrogens with zero attached hydrogens (tertiary/aromatic N) is 4. The predicted molar refractivity (Wildman–Crippen MR) is 83.5 cm³/mol. The maximum absolute atomic E-state index is 12.9. The van der Waals surface area contributed by atoms with Crippen LogP contribution in [0.2, 0.25) is 0 Å². The lowest BCUT2D eigenvalue weighted by atomic mass is 10.1. The lowest BCUT2D eigenvalue weighted by Crippen LogP contribution is -2.39. The second kappa shape index (κ2) is 7.30. The highest BCUT2D eigenvalue weighted by atomic mass is 19.4. The van der Waals surface area contributed by atoms with Crippen molar-refractivity contribution in [3.05, 3.63) is 58.7 Å². The number of aromatic nitrogens is 2. The van der Waals surface area contributed by atoms with Crippen LogP contribution in [0.4, 0.5) is 13.2 Å². The van der Waals surface area contributed by atoms with Crippen LogP contribution in [0.15, 0.2) is 30.5 Å². The molecule has 130 valence electrons. The SMILES string of the molecule is Cc1ncc(C(=O)N(Cc2ccc(C#N)cc2)CC(F)(F)F)c(C)n1. The lowest BCUT2D eigenvalue weighted by Gasteiger charge is -2.24. The van der Waals surface area contributed by atoms with Gasteiger partial charge >= 0.3 is 6.18 Å². The maximum Gasteiger partial charge on any atom is 0.406 e. The molecule has 0 aliphatic carbocycles. The first-order chi connectivity index (χ1) is 11.7. The topological polar surface area (TPSA) is 69.9 Å². The van der Waals surface area contributed by atoms with Crippen LogP contribution in [0.25, 0.3) is 0 Å². The van der Waals surface area contributed by atoms with Crippen molar-refractivity contribution in [2.45, 2.75) is 26.6 Å². The third-order valence-corrected chi connectivity index (χ3v) is 3.44. The van der Waals surface area contributed by atoms with E-state index < -0.39 is 18.6 Å². The fraction of sp³-hybridized carbons (Fsp3) is 0.294. The number of carbonyl (C=O) groups excluding carboxylic acids is 1. The summed E-state index contributed by atoms with van der Waals surface area (Å²) in [6, 6.07) is 7.96. The Balaban J connectivity index is 2.31. The highest BCUT2D eigenvalue weighted by molar-refractivity contribution is 5.94. The predicted octanol–water partition coefficient (Wildman–Crippen LogP) is 3.17. The third-order valence-electron chi connectivity index (χ3n) is 3.44. The van der Waals surface area contributed by atoms with Gasteiger partial charge in [-0.3, -0.25) is 4.79 Å². The lowest BCUT2D eigenvalue weighted by molar-refractivity contribution is -0.141. The van der Waals surface area contributed by atoms with Crippen molar-refractivity contribution >= 4 is 5.91 Å². The number of halogens is 3. The quantitative estimate of drug-likeness (QED) is 0.851. The number of amides is 1. The molecule has 5 nitrogen and oxygen atoms in total. The fourth-order valence-electron chi connectivity index (χ4n) is 2.28. The second-order valence-electron chi connectivity index (χ2n) is 5.50. The van der Waals surface area contributed by atoms with E-state index >= 15 is 0 Å². The molecule has 0 saturated carbocycles. The zero-order valence-corrected chi connectivity index (χ0v) is 13.6. The van der Waals surface area contributed by atoms with Gasteiger partial charge in [0.05, 0.1) is 22.9 Å². The van der Waals surface area contributed by atoms with Gasteiger partial charge in [0.15, 0.2) is 0 Å². The molecule has 1 heterocycles. The van der Waals surface area contributed by atoms with E-state index in [1.807, 2.05) is 6.07 Å². The van der Waals surface area contributed by atoms with Gasteiger partial charge in [-0.1, -0.05) is 12.1 Å². The zero-order chi connectivity index (χ0) is 18.6. The summed E-state index contributed by atoms with van der Waals surface area (Å²) in [5.41, 5.74) is 1.23. The molecule has 2 aromatic rings. The van der Waals surface area contributed by atoms with Crippen molar-refractivity contribution in [2.24, 2.45) is 0 Å². The van der Waals surface area contributed by atoms with Gasteiger partial charge < -0.3 is 4.90 Å². The van der Waals surface area contributed by atoms with Gasteiger partial charge in [0.1, 0.15) is 12.4 Å². The first-order valence-electron chi connectivity index (χ1n) is 7.35. The summed E-state index contributed by atoms with van der Waals surface area (Å²) >= 11 is 0. The monoisotopic (exact) mass is 348 g/mol. The van der Waals surface area contributed by atoms with Gasteiger partial charge in [-0.2, -0.15) is 18.4 Å². The maximum atomic E-state index is 12.9. The summed E-state index contributed by atoms with van der Waals surface area (Å²) in [7, 11) is 0. The normalized spacial score (nSPS) is 11.0. The highest BCUT2D eigenvalue weighted by Crippen LogP contribution is 2.21. The highest BCUT2D eigenvalue weighted by Gasteiger charge is 2.34. The van der Waals surface area contributed by atoms with E-state index in [0.717, 1.165) is 0 Å². The number of rotatable bonds is 4. The Labute approximate surface area is 142 Å². The fourth-order valence-corrected chi connectivity index (χ4v) is 2.28. The van der Waals surface area contributed by atoms with Crippen molar-refractivity contribution in [1.82, 2.24) is 14.9 Å². The Morgan fingerprint density at radius 3 is 2.40 bits per heavy atom. The van der Waals surface area contributed by atoms with Crippen LogP contribution in [-0.2, 0) is 6.54 Å². The molecule has 1 aromatic heterocycles. The van der Waals surface area contributed by atoms with E-state index in [0.29, 0.717) is 27.5 Å². The minimum atomic E-state index is -4.54. The first-order valence-corrected chi connectivity index (χ1v) is 7.35. The first kappa shape index (κ1) is 18.4. The Morgan fingerprint density at radius 2 is 1.88 bits per heavy atom. The Morgan fingerprint density at radius 1 is 1.24 bits per heavy atom. The van der Waals surface area contributed by atoms with E-state index in [2.05, 4.69) is 9.97 Å². The molecule has 1 aromatic carbocycles. The van der Waals surface area contributed by atoms with Crippen molar-refractivity contribution in [3.8, 4) is 6.07 Å². The smallest absolute Gasteiger partial charge is 0.325 e. The van der Waals surface area contributed by atoms with Crippen LogP contribution in [-0.4, -0.2) is 33.5 Å². The zero-order valence-electron chi connectivity index (χ0n) is 13.6. The van der Waals surface area contributed by atoms with Crippen molar-refractivity contribution in [2.75, 3.05) is 6.54 Å². The second-order valence-corrected chi connectivity index (χ2v) is 5.50. The molecule has 0 aliphatic rings. The average molecular weight is 348 g/mol. The van der Waals surface area contributed by atoms with Crippen LogP contribution < -0.4 is 0 Å². The molecule has 0 radical (unpaired) electrons. The van der Waals surface area contributed by atoms with Gasteiger partial charge in [-0.25, -0.2) is 9.97 Å². The van der Waals surface area contributed by atoms with Crippen LogP contribution in [0.5, 0.6) is 0 Å². The minimum Gasteiger partial charge on any atom is -0.325 e. The number of hydrogen-bond donors (Lipinski definition) is 0. The standard InChI is InChI=1S/C17H15F3N4O/c1-11-15(8-22-12(2)23-11)16(25)24(10-17(18,19)20)9-14-5-3-13(7-21)4-6-14/h3-6,8H,9-10H2,1-2H3. The summed E-state index contributed by atoms with van der Waals surface area (Å²) in [6.45, 7) is 1.55. The molecule has 2 rings (SSSR count). The summed E-state index contributed by atoms with van der Waals surface area (Å²) < 4.78 is 38.7. The Bertz CT molecular complexity index is 810. The molecular formula is C17H15F3N4O. The van der Waals surface area contributed by atoms with Crippen molar-refractivity contribution < 1.29 is 18.0 Å².